The maximum absolute atomic E-state index is 5.64. The number of thioether (sulfide) groups is 1. The number of allylic oxidation sites excluding steroid dienone is 1. The van der Waals surface area contributed by atoms with E-state index in [4.69, 9.17) is 13.9 Å². The molecule has 0 saturated heterocycles. The van der Waals surface area contributed by atoms with Crippen molar-refractivity contribution < 1.29 is 13.9 Å². The van der Waals surface area contributed by atoms with Crippen LogP contribution in [0.2, 0.25) is 0 Å². The standard InChI is InChI=1S/C15H18N2O3S/c1-10(2)7-8-21-15-17-16-14(20-15)11-5-6-12(18-3)13(9-11)19-4/h5-7,9H,8H2,1-4H3. The lowest BCUT2D eigenvalue weighted by Gasteiger charge is -2.07. The van der Waals surface area contributed by atoms with Crippen LogP contribution < -0.4 is 9.47 Å². The van der Waals surface area contributed by atoms with Gasteiger partial charge < -0.3 is 13.9 Å². The van der Waals surface area contributed by atoms with E-state index < -0.39 is 0 Å². The van der Waals surface area contributed by atoms with Gasteiger partial charge in [-0.15, -0.1) is 10.2 Å². The van der Waals surface area contributed by atoms with Crippen molar-refractivity contribution in [1.82, 2.24) is 10.2 Å². The van der Waals surface area contributed by atoms with Gasteiger partial charge in [0.1, 0.15) is 0 Å². The Kier molecular flexibility index (Phi) is 5.27. The first-order valence-corrected chi connectivity index (χ1v) is 7.44. The fourth-order valence-electron chi connectivity index (χ4n) is 1.63. The number of hydrogen-bond donors (Lipinski definition) is 0. The molecule has 0 fully saturated rings. The van der Waals surface area contributed by atoms with Crippen LogP contribution in [0.5, 0.6) is 11.5 Å². The second-order valence-electron chi connectivity index (χ2n) is 4.54. The molecule has 0 atom stereocenters. The van der Waals surface area contributed by atoms with Crippen LogP contribution in [0.15, 0.2) is 39.5 Å². The molecule has 0 aliphatic rings. The lowest BCUT2D eigenvalue weighted by atomic mass is 10.2. The van der Waals surface area contributed by atoms with Gasteiger partial charge in [0, 0.05) is 11.3 Å². The van der Waals surface area contributed by atoms with Crippen LogP contribution in [0.4, 0.5) is 0 Å². The van der Waals surface area contributed by atoms with Gasteiger partial charge in [0.25, 0.3) is 5.22 Å². The quantitative estimate of drug-likeness (QED) is 0.597. The monoisotopic (exact) mass is 306 g/mol. The van der Waals surface area contributed by atoms with Crippen molar-refractivity contribution in [3.63, 3.8) is 0 Å². The molecule has 0 amide bonds. The van der Waals surface area contributed by atoms with E-state index in [2.05, 4.69) is 30.1 Å². The van der Waals surface area contributed by atoms with Gasteiger partial charge in [0.2, 0.25) is 5.89 Å². The summed E-state index contributed by atoms with van der Waals surface area (Å²) < 4.78 is 16.1. The van der Waals surface area contributed by atoms with Crippen molar-refractivity contribution in [2.75, 3.05) is 20.0 Å². The minimum Gasteiger partial charge on any atom is -0.493 e. The second-order valence-corrected chi connectivity index (χ2v) is 5.51. The highest BCUT2D eigenvalue weighted by Crippen LogP contribution is 2.32. The molecular weight excluding hydrogens is 288 g/mol. The van der Waals surface area contributed by atoms with Crippen LogP contribution in [0.3, 0.4) is 0 Å². The van der Waals surface area contributed by atoms with Crippen LogP contribution in [0.25, 0.3) is 11.5 Å². The maximum atomic E-state index is 5.64. The summed E-state index contributed by atoms with van der Waals surface area (Å²) in [5.41, 5.74) is 2.07. The molecule has 0 N–H and O–H groups in total. The number of ether oxygens (including phenoxy) is 2. The van der Waals surface area contributed by atoms with Gasteiger partial charge in [-0.25, -0.2) is 0 Å². The van der Waals surface area contributed by atoms with Crippen molar-refractivity contribution in [2.45, 2.75) is 19.1 Å². The van der Waals surface area contributed by atoms with E-state index in [9.17, 15) is 0 Å². The molecule has 6 heteroatoms. The number of methoxy groups -OCH3 is 2. The predicted molar refractivity (Wildman–Crippen MR) is 83.0 cm³/mol. The van der Waals surface area contributed by atoms with E-state index in [1.165, 1.54) is 17.3 Å². The van der Waals surface area contributed by atoms with E-state index >= 15 is 0 Å². The van der Waals surface area contributed by atoms with Crippen LogP contribution in [0, 0.1) is 0 Å². The third-order valence-electron chi connectivity index (χ3n) is 2.74. The fourth-order valence-corrected chi connectivity index (χ4v) is 2.43. The van der Waals surface area contributed by atoms with Crippen molar-refractivity contribution in [1.29, 1.82) is 0 Å². The van der Waals surface area contributed by atoms with E-state index in [0.717, 1.165) is 11.3 Å². The molecule has 0 radical (unpaired) electrons. The van der Waals surface area contributed by atoms with E-state index in [1.54, 1.807) is 14.2 Å². The minimum absolute atomic E-state index is 0.468. The Hall–Kier alpha value is -1.95. The lowest BCUT2D eigenvalue weighted by molar-refractivity contribution is 0.355. The van der Waals surface area contributed by atoms with Crippen LogP contribution in [-0.4, -0.2) is 30.2 Å². The molecule has 2 rings (SSSR count). The summed E-state index contributed by atoms with van der Waals surface area (Å²) in [4.78, 5) is 0. The van der Waals surface area contributed by atoms with Gasteiger partial charge >= 0.3 is 0 Å². The van der Waals surface area contributed by atoms with Gasteiger partial charge in [0.15, 0.2) is 11.5 Å². The third kappa shape index (κ3) is 4.01. The molecule has 2 aromatic rings. The first-order chi connectivity index (χ1) is 10.1. The zero-order valence-electron chi connectivity index (χ0n) is 12.5. The van der Waals surface area contributed by atoms with Crippen molar-refractivity contribution in [3.05, 3.63) is 29.8 Å². The summed E-state index contributed by atoms with van der Waals surface area (Å²) in [5, 5.41) is 8.65. The highest BCUT2D eigenvalue weighted by Gasteiger charge is 2.12. The van der Waals surface area contributed by atoms with Crippen molar-refractivity contribution in [3.8, 4) is 23.0 Å². The highest BCUT2D eigenvalue weighted by atomic mass is 32.2. The molecule has 0 aliphatic heterocycles. The van der Waals surface area contributed by atoms with Gasteiger partial charge in [-0.1, -0.05) is 23.4 Å². The summed E-state index contributed by atoms with van der Waals surface area (Å²) >= 11 is 1.51. The van der Waals surface area contributed by atoms with Crippen LogP contribution in [0.1, 0.15) is 13.8 Å². The Balaban J connectivity index is 2.15. The molecule has 0 saturated carbocycles. The van der Waals surface area contributed by atoms with Gasteiger partial charge in [-0.2, -0.15) is 0 Å². The fraction of sp³-hybridized carbons (Fsp3) is 0.333. The number of hydrogen-bond acceptors (Lipinski definition) is 6. The molecule has 5 nitrogen and oxygen atoms in total. The topological polar surface area (TPSA) is 57.4 Å². The first kappa shape index (κ1) is 15.4. The number of nitrogens with zero attached hydrogens (tertiary/aromatic N) is 2. The van der Waals surface area contributed by atoms with E-state index in [1.807, 2.05) is 18.2 Å². The average Bonchev–Trinajstić information content (AvgIpc) is 2.95. The molecule has 1 aromatic heterocycles. The summed E-state index contributed by atoms with van der Waals surface area (Å²) in [5.74, 6) is 2.58. The van der Waals surface area contributed by atoms with E-state index in [0.29, 0.717) is 22.6 Å². The highest BCUT2D eigenvalue weighted by molar-refractivity contribution is 7.99. The Labute approximate surface area is 128 Å². The molecule has 21 heavy (non-hydrogen) atoms. The normalized spacial score (nSPS) is 10.3. The number of rotatable bonds is 6. The Morgan fingerprint density at radius 1 is 1.19 bits per heavy atom. The number of benzene rings is 1. The molecule has 1 heterocycles. The molecule has 0 unspecified atom stereocenters. The summed E-state index contributed by atoms with van der Waals surface area (Å²) in [6.07, 6.45) is 2.12. The zero-order valence-corrected chi connectivity index (χ0v) is 13.4. The summed E-state index contributed by atoms with van der Waals surface area (Å²) in [7, 11) is 3.19. The third-order valence-corrected chi connectivity index (χ3v) is 3.48. The van der Waals surface area contributed by atoms with Crippen molar-refractivity contribution >= 4 is 11.8 Å². The Morgan fingerprint density at radius 3 is 2.62 bits per heavy atom. The Morgan fingerprint density at radius 2 is 1.95 bits per heavy atom. The van der Waals surface area contributed by atoms with Gasteiger partial charge in [0.05, 0.1) is 14.2 Å². The molecule has 112 valence electrons. The molecule has 0 aliphatic carbocycles. The molecule has 0 bridgehead atoms. The second kappa shape index (κ2) is 7.17. The molecule has 0 spiro atoms. The minimum atomic E-state index is 0.468. The van der Waals surface area contributed by atoms with Crippen molar-refractivity contribution in [2.24, 2.45) is 0 Å². The summed E-state index contributed by atoms with van der Waals surface area (Å²) in [6, 6.07) is 5.49. The smallest absolute Gasteiger partial charge is 0.277 e. The predicted octanol–water partition coefficient (Wildman–Crippen LogP) is 3.81. The van der Waals surface area contributed by atoms with Crippen LogP contribution >= 0.6 is 11.8 Å². The lowest BCUT2D eigenvalue weighted by Crippen LogP contribution is -1.90. The van der Waals surface area contributed by atoms with Crippen LogP contribution in [-0.2, 0) is 0 Å². The largest absolute Gasteiger partial charge is 0.493 e. The molecular formula is C15H18N2O3S. The molecule has 1 aromatic carbocycles. The van der Waals surface area contributed by atoms with Gasteiger partial charge in [-0.05, 0) is 32.0 Å². The Bertz CT molecular complexity index is 634. The number of aromatic nitrogens is 2. The summed E-state index contributed by atoms with van der Waals surface area (Å²) in [6.45, 7) is 4.12. The average molecular weight is 306 g/mol. The van der Waals surface area contributed by atoms with Gasteiger partial charge in [-0.3, -0.25) is 0 Å². The first-order valence-electron chi connectivity index (χ1n) is 6.46. The maximum Gasteiger partial charge on any atom is 0.277 e. The SMILES string of the molecule is COc1ccc(-c2nnc(SCC=C(C)C)o2)cc1OC. The van der Waals surface area contributed by atoms with E-state index in [-0.39, 0.29) is 0 Å². The zero-order chi connectivity index (χ0) is 15.2.